The van der Waals surface area contributed by atoms with E-state index < -0.39 is 0 Å². The number of fused-ring (bicyclic) bond motifs is 1. The highest BCUT2D eigenvalue weighted by Crippen LogP contribution is 2.17. The van der Waals surface area contributed by atoms with E-state index in [1.807, 2.05) is 0 Å². The molecule has 0 spiro atoms. The molecule has 0 saturated heterocycles. The molecular weight excluding hydrogens is 330 g/mol. The van der Waals surface area contributed by atoms with Gasteiger partial charge in [0, 0.05) is 19.2 Å². The molecule has 1 aromatic carbocycles. The minimum Gasteiger partial charge on any atom is -0.323 e. The maximum absolute atomic E-state index is 12.3. The Morgan fingerprint density at radius 1 is 1.21 bits per heavy atom. The number of aryl methyl sites for hydroxylation is 1. The maximum Gasteiger partial charge on any atom is 0.277 e. The Labute approximate surface area is 142 Å². The van der Waals surface area contributed by atoms with Crippen LogP contribution in [0.2, 0.25) is 5.15 Å². The molecule has 3 rings (SSSR count). The first-order chi connectivity index (χ1) is 11.6. The number of aromatic nitrogens is 4. The highest BCUT2D eigenvalue weighted by molar-refractivity contribution is 6.32. The van der Waals surface area contributed by atoms with Crippen molar-refractivity contribution >= 4 is 34.1 Å². The summed E-state index contributed by atoms with van der Waals surface area (Å²) in [4.78, 5) is 28.1. The number of rotatable bonds is 5. The SMILES string of the molecule is O=C(CCCn1nnc2ccccc2c1=O)Nc1cccnc1Cl. The number of halogens is 1. The molecule has 1 N–H and O–H groups in total. The van der Waals surface area contributed by atoms with Crippen molar-refractivity contribution in [1.82, 2.24) is 20.0 Å². The van der Waals surface area contributed by atoms with Gasteiger partial charge in [-0.2, -0.15) is 0 Å². The molecule has 0 atom stereocenters. The van der Waals surface area contributed by atoms with Gasteiger partial charge >= 0.3 is 0 Å². The van der Waals surface area contributed by atoms with Gasteiger partial charge in [0.25, 0.3) is 5.56 Å². The second-order valence-corrected chi connectivity index (χ2v) is 5.49. The molecule has 2 aromatic heterocycles. The van der Waals surface area contributed by atoms with Gasteiger partial charge in [0.15, 0.2) is 5.15 Å². The molecule has 1 amide bonds. The topological polar surface area (TPSA) is 89.8 Å². The lowest BCUT2D eigenvalue weighted by Gasteiger charge is -2.07. The van der Waals surface area contributed by atoms with Crippen LogP contribution in [-0.2, 0) is 11.3 Å². The van der Waals surface area contributed by atoms with Crippen LogP contribution in [-0.4, -0.2) is 25.9 Å². The molecule has 2 heterocycles. The second-order valence-electron chi connectivity index (χ2n) is 5.13. The fourth-order valence-electron chi connectivity index (χ4n) is 2.25. The van der Waals surface area contributed by atoms with E-state index in [0.29, 0.717) is 29.6 Å². The summed E-state index contributed by atoms with van der Waals surface area (Å²) in [6.45, 7) is 0.310. The minimum absolute atomic E-state index is 0.202. The standard InChI is InChI=1S/C16H14ClN5O2/c17-15-13(7-3-9-18-15)19-14(23)8-4-10-22-16(24)11-5-1-2-6-12(11)20-21-22/h1-3,5-7,9H,4,8,10H2,(H,19,23). The third kappa shape index (κ3) is 3.57. The van der Waals surface area contributed by atoms with E-state index in [0.717, 1.165) is 0 Å². The van der Waals surface area contributed by atoms with E-state index in [9.17, 15) is 9.59 Å². The first-order valence-electron chi connectivity index (χ1n) is 7.38. The number of amides is 1. The Bertz CT molecular complexity index is 941. The van der Waals surface area contributed by atoms with Crippen LogP contribution in [0.1, 0.15) is 12.8 Å². The third-order valence-corrected chi connectivity index (χ3v) is 3.74. The normalized spacial score (nSPS) is 10.7. The molecule has 3 aromatic rings. The van der Waals surface area contributed by atoms with Crippen molar-refractivity contribution in [2.45, 2.75) is 19.4 Å². The van der Waals surface area contributed by atoms with Crippen LogP contribution in [0.3, 0.4) is 0 Å². The summed E-state index contributed by atoms with van der Waals surface area (Å²) in [7, 11) is 0. The number of carbonyl (C=O) groups is 1. The van der Waals surface area contributed by atoms with Crippen LogP contribution >= 0.6 is 11.6 Å². The number of nitrogens with zero attached hydrogens (tertiary/aromatic N) is 4. The zero-order chi connectivity index (χ0) is 16.9. The summed E-state index contributed by atoms with van der Waals surface area (Å²) < 4.78 is 1.27. The Morgan fingerprint density at radius 2 is 2.04 bits per heavy atom. The van der Waals surface area contributed by atoms with Gasteiger partial charge in [0.1, 0.15) is 5.52 Å². The fraction of sp³-hybridized carbons (Fsp3) is 0.188. The molecule has 8 heteroatoms. The van der Waals surface area contributed by atoms with E-state index in [4.69, 9.17) is 11.6 Å². The van der Waals surface area contributed by atoms with Gasteiger partial charge in [0.2, 0.25) is 5.91 Å². The predicted molar refractivity (Wildman–Crippen MR) is 90.9 cm³/mol. The fourth-order valence-corrected chi connectivity index (χ4v) is 2.42. The van der Waals surface area contributed by atoms with Gasteiger partial charge in [-0.3, -0.25) is 9.59 Å². The van der Waals surface area contributed by atoms with Gasteiger partial charge in [-0.25, -0.2) is 9.67 Å². The summed E-state index contributed by atoms with van der Waals surface area (Å²) in [5, 5.41) is 11.3. The summed E-state index contributed by atoms with van der Waals surface area (Å²) in [5.41, 5.74) is 0.811. The maximum atomic E-state index is 12.3. The van der Waals surface area contributed by atoms with Crippen LogP contribution in [0.15, 0.2) is 47.4 Å². The monoisotopic (exact) mass is 343 g/mol. The van der Waals surface area contributed by atoms with Crippen molar-refractivity contribution in [2.24, 2.45) is 0 Å². The lowest BCUT2D eigenvalue weighted by molar-refractivity contribution is -0.116. The molecule has 7 nitrogen and oxygen atoms in total. The van der Waals surface area contributed by atoms with E-state index in [1.165, 1.54) is 4.68 Å². The highest BCUT2D eigenvalue weighted by Gasteiger charge is 2.08. The number of nitrogens with one attached hydrogen (secondary N) is 1. The molecule has 24 heavy (non-hydrogen) atoms. The number of carbonyl (C=O) groups excluding carboxylic acids is 1. The second kappa shape index (κ2) is 7.18. The highest BCUT2D eigenvalue weighted by atomic mass is 35.5. The van der Waals surface area contributed by atoms with Gasteiger partial charge in [-0.05, 0) is 30.7 Å². The quantitative estimate of drug-likeness (QED) is 0.718. The number of pyridine rings is 1. The summed E-state index contributed by atoms with van der Waals surface area (Å²) >= 11 is 5.88. The molecule has 0 unspecified atom stereocenters. The molecule has 0 radical (unpaired) electrons. The van der Waals surface area contributed by atoms with Crippen molar-refractivity contribution in [3.63, 3.8) is 0 Å². The third-order valence-electron chi connectivity index (χ3n) is 3.44. The van der Waals surface area contributed by atoms with E-state index >= 15 is 0 Å². The van der Waals surface area contributed by atoms with E-state index in [2.05, 4.69) is 20.6 Å². The van der Waals surface area contributed by atoms with Crippen molar-refractivity contribution in [2.75, 3.05) is 5.32 Å². The molecule has 0 saturated carbocycles. The first kappa shape index (κ1) is 16.1. The average Bonchev–Trinajstić information content (AvgIpc) is 2.59. The number of benzene rings is 1. The van der Waals surface area contributed by atoms with Crippen molar-refractivity contribution in [1.29, 1.82) is 0 Å². The van der Waals surface area contributed by atoms with Gasteiger partial charge < -0.3 is 5.32 Å². The molecular formula is C16H14ClN5O2. The first-order valence-corrected chi connectivity index (χ1v) is 7.76. The van der Waals surface area contributed by atoms with E-state index in [1.54, 1.807) is 42.6 Å². The van der Waals surface area contributed by atoms with Crippen molar-refractivity contribution in [3.05, 3.63) is 58.1 Å². The van der Waals surface area contributed by atoms with Gasteiger partial charge in [-0.15, -0.1) is 5.10 Å². The van der Waals surface area contributed by atoms with Crippen LogP contribution in [0.25, 0.3) is 10.9 Å². The number of hydrogen-bond acceptors (Lipinski definition) is 5. The van der Waals surface area contributed by atoms with Crippen molar-refractivity contribution < 1.29 is 4.79 Å². The van der Waals surface area contributed by atoms with Crippen LogP contribution in [0.4, 0.5) is 5.69 Å². The van der Waals surface area contributed by atoms with E-state index in [-0.39, 0.29) is 23.0 Å². The predicted octanol–water partition coefficient (Wildman–Crippen LogP) is 2.26. The zero-order valence-corrected chi connectivity index (χ0v) is 13.4. The van der Waals surface area contributed by atoms with Crippen LogP contribution in [0, 0.1) is 0 Å². The number of anilines is 1. The van der Waals surface area contributed by atoms with Crippen molar-refractivity contribution in [3.8, 4) is 0 Å². The molecule has 0 aliphatic rings. The largest absolute Gasteiger partial charge is 0.323 e. The minimum atomic E-state index is -0.212. The Balaban J connectivity index is 1.60. The molecule has 0 aliphatic heterocycles. The average molecular weight is 344 g/mol. The van der Waals surface area contributed by atoms with Gasteiger partial charge in [-0.1, -0.05) is 28.9 Å². The Morgan fingerprint density at radius 3 is 2.88 bits per heavy atom. The Kier molecular flexibility index (Phi) is 4.81. The lowest BCUT2D eigenvalue weighted by Crippen LogP contribution is -2.25. The van der Waals surface area contributed by atoms with Crippen LogP contribution < -0.4 is 10.9 Å². The summed E-state index contributed by atoms with van der Waals surface area (Å²) in [6.07, 6.45) is 2.23. The number of hydrogen-bond donors (Lipinski definition) is 1. The molecule has 0 aliphatic carbocycles. The van der Waals surface area contributed by atoms with Gasteiger partial charge in [0.05, 0.1) is 11.1 Å². The summed E-state index contributed by atoms with van der Waals surface area (Å²) in [5.74, 6) is -0.202. The summed E-state index contributed by atoms with van der Waals surface area (Å²) in [6, 6.07) is 10.4. The Hall–Kier alpha value is -2.80. The smallest absolute Gasteiger partial charge is 0.277 e. The zero-order valence-electron chi connectivity index (χ0n) is 12.6. The molecule has 0 bridgehead atoms. The molecule has 0 fully saturated rings. The molecule has 122 valence electrons. The van der Waals surface area contributed by atoms with Crippen LogP contribution in [0.5, 0.6) is 0 Å². The lowest BCUT2D eigenvalue weighted by atomic mass is 10.2.